The van der Waals surface area contributed by atoms with Crippen molar-refractivity contribution >= 4 is 45.6 Å². The predicted octanol–water partition coefficient (Wildman–Crippen LogP) is 2.33. The van der Waals surface area contributed by atoms with Gasteiger partial charge in [0.05, 0.1) is 6.04 Å². The largest absolute Gasteiger partial charge is 0.352 e. The molecule has 0 spiro atoms. The first-order chi connectivity index (χ1) is 20.5. The zero-order valence-corrected chi connectivity index (χ0v) is 28.7. The molecule has 0 radical (unpaired) electrons. The van der Waals surface area contributed by atoms with Crippen LogP contribution in [0.5, 0.6) is 0 Å². The Balaban J connectivity index is -0.00000221. The van der Waals surface area contributed by atoms with Gasteiger partial charge in [-0.05, 0) is 25.2 Å². The molecule has 3 atom stereocenters. The molecule has 14 nitrogen and oxygen atoms in total. The molecule has 44 heavy (non-hydrogen) atoms. The smallest absolute Gasteiger partial charge is 0.312 e. The summed E-state index contributed by atoms with van der Waals surface area (Å²) in [5.41, 5.74) is 5.02. The van der Waals surface area contributed by atoms with Gasteiger partial charge in [0.25, 0.3) is 21.9 Å². The van der Waals surface area contributed by atoms with Crippen molar-refractivity contribution in [1.82, 2.24) is 20.9 Å². The monoisotopic (exact) mass is 649 g/mol. The molecule has 0 saturated heterocycles. The van der Waals surface area contributed by atoms with Crippen molar-refractivity contribution in [2.75, 3.05) is 13.1 Å². The first kappa shape index (κ1) is 45.1. The molecule has 15 heteroatoms. The number of rotatable bonds is 15. The Morgan fingerprint density at radius 2 is 1.36 bits per heavy atom. The molecule has 0 aliphatic carbocycles. The van der Waals surface area contributed by atoms with Gasteiger partial charge in [0.15, 0.2) is 11.0 Å². The Bertz CT molecular complexity index is 1040. The van der Waals surface area contributed by atoms with E-state index in [-0.39, 0.29) is 18.7 Å². The number of carbonyl (C=O) groups is 6. The topological polar surface area (TPSA) is 222 Å². The van der Waals surface area contributed by atoms with Crippen LogP contribution in [0.1, 0.15) is 94.9 Å². The highest BCUT2D eigenvalue weighted by molar-refractivity contribution is 7.87. The SMILES string of the molecule is CC.CC.CC(C)C(=O)[C@H](CCCNC(N)=O)NC(=O)C(NC(=O)[C@@H](CCN1C(=O)C=CC1=O)S(=O)(=O)O)C(C)C.CCC. The number of nitrogens with two attached hydrogens (primary N) is 1. The third-order valence-electron chi connectivity index (χ3n) is 5.61. The minimum absolute atomic E-state index is 0.168. The average molecular weight is 650 g/mol. The summed E-state index contributed by atoms with van der Waals surface area (Å²) in [4.78, 5) is 73.5. The lowest BCUT2D eigenvalue weighted by Crippen LogP contribution is -2.56. The van der Waals surface area contributed by atoms with Crippen molar-refractivity contribution in [2.45, 2.75) is 112 Å². The van der Waals surface area contributed by atoms with Gasteiger partial charge in [-0.15, -0.1) is 0 Å². The van der Waals surface area contributed by atoms with Crippen molar-refractivity contribution in [2.24, 2.45) is 17.6 Å². The second kappa shape index (κ2) is 24.0. The fourth-order valence-electron chi connectivity index (χ4n) is 3.56. The van der Waals surface area contributed by atoms with Gasteiger partial charge in [0.1, 0.15) is 6.04 Å². The molecule has 1 rings (SSSR count). The fraction of sp³-hybridized carbons (Fsp3) is 0.724. The molecule has 1 heterocycles. The van der Waals surface area contributed by atoms with Crippen LogP contribution in [0.2, 0.25) is 0 Å². The molecule has 0 saturated carbocycles. The summed E-state index contributed by atoms with van der Waals surface area (Å²) < 4.78 is 33.4. The third kappa shape index (κ3) is 17.7. The first-order valence-corrected chi connectivity index (χ1v) is 16.7. The van der Waals surface area contributed by atoms with Crippen molar-refractivity contribution in [1.29, 1.82) is 0 Å². The zero-order valence-electron chi connectivity index (χ0n) is 27.9. The summed E-state index contributed by atoms with van der Waals surface area (Å²) >= 11 is 0. The summed E-state index contributed by atoms with van der Waals surface area (Å²) in [7, 11) is -4.97. The van der Waals surface area contributed by atoms with Gasteiger partial charge in [-0.3, -0.25) is 33.4 Å². The van der Waals surface area contributed by atoms with Crippen LogP contribution in [-0.4, -0.2) is 83.7 Å². The highest BCUT2D eigenvalue weighted by Crippen LogP contribution is 2.13. The molecule has 256 valence electrons. The van der Waals surface area contributed by atoms with Gasteiger partial charge < -0.3 is 21.7 Å². The van der Waals surface area contributed by atoms with Crippen LogP contribution in [0.15, 0.2) is 12.2 Å². The summed E-state index contributed by atoms with van der Waals surface area (Å²) in [6.45, 7) is 18.4. The molecule has 0 aromatic heterocycles. The van der Waals surface area contributed by atoms with Crippen molar-refractivity contribution in [3.63, 3.8) is 0 Å². The minimum atomic E-state index is -4.97. The Morgan fingerprint density at radius 1 is 0.886 bits per heavy atom. The summed E-state index contributed by atoms with van der Waals surface area (Å²) in [5.74, 6) is -4.62. The standard InChI is InChI=1S/C22H35N5O9S.C3H8.2C2H6/c1-12(2)18(21(32)25-14(19(30)13(3)4)6-5-10-24-22(23)33)26-20(31)15(37(34,35)36)9-11-27-16(28)7-8-17(27)29;1-3-2;2*1-2/h7-8,12-15,18H,5-6,9-11H2,1-4H3,(H,25,32)(H,26,31)(H3,23,24,33)(H,34,35,36);3H2,1-2H3;2*1-2H3/t14-,15+,18?;;;/m0.../s1. The van der Waals surface area contributed by atoms with Crippen molar-refractivity contribution < 1.29 is 41.7 Å². The van der Waals surface area contributed by atoms with Gasteiger partial charge in [-0.25, -0.2) is 4.79 Å². The van der Waals surface area contributed by atoms with Gasteiger partial charge in [0, 0.05) is 31.2 Å². The Kier molecular flexibility index (Phi) is 24.6. The van der Waals surface area contributed by atoms with Crippen LogP contribution in [0.4, 0.5) is 4.79 Å². The first-order valence-electron chi connectivity index (χ1n) is 15.1. The van der Waals surface area contributed by atoms with Gasteiger partial charge in [-0.2, -0.15) is 8.42 Å². The Hall–Kier alpha value is -3.33. The normalized spacial score (nSPS) is 14.2. The van der Waals surface area contributed by atoms with Crippen molar-refractivity contribution in [3.05, 3.63) is 12.2 Å². The highest BCUT2D eigenvalue weighted by Gasteiger charge is 2.37. The Morgan fingerprint density at radius 3 is 1.75 bits per heavy atom. The van der Waals surface area contributed by atoms with Gasteiger partial charge >= 0.3 is 6.03 Å². The number of carbonyl (C=O) groups excluding carboxylic acids is 6. The van der Waals surface area contributed by atoms with E-state index in [9.17, 15) is 41.7 Å². The van der Waals surface area contributed by atoms with E-state index in [4.69, 9.17) is 5.73 Å². The van der Waals surface area contributed by atoms with Gasteiger partial charge in [0.2, 0.25) is 11.8 Å². The second-order valence-electron chi connectivity index (χ2n) is 9.94. The molecular weight excluding hydrogens is 594 g/mol. The molecule has 0 aromatic rings. The maximum absolute atomic E-state index is 13.0. The van der Waals surface area contributed by atoms with E-state index >= 15 is 0 Å². The molecule has 0 aromatic carbocycles. The van der Waals surface area contributed by atoms with E-state index in [2.05, 4.69) is 29.8 Å². The number of amides is 6. The lowest BCUT2D eigenvalue weighted by molar-refractivity contribution is -0.137. The summed E-state index contributed by atoms with van der Waals surface area (Å²) in [6.07, 6.45) is 3.11. The number of primary amides is 1. The highest BCUT2D eigenvalue weighted by atomic mass is 32.2. The van der Waals surface area contributed by atoms with Crippen LogP contribution in [0.3, 0.4) is 0 Å². The summed E-state index contributed by atoms with van der Waals surface area (Å²) in [5, 5.41) is 5.19. The van der Waals surface area contributed by atoms with E-state index < -0.39 is 81.9 Å². The lowest BCUT2D eigenvalue weighted by Gasteiger charge is -2.27. The van der Waals surface area contributed by atoms with E-state index in [1.54, 1.807) is 27.7 Å². The predicted molar refractivity (Wildman–Crippen MR) is 170 cm³/mol. The quantitative estimate of drug-likeness (QED) is 0.0996. The summed E-state index contributed by atoms with van der Waals surface area (Å²) in [6, 6.07) is -2.96. The molecule has 0 fully saturated rings. The number of hydrogen-bond donors (Lipinski definition) is 5. The van der Waals surface area contributed by atoms with Crippen LogP contribution in [0, 0.1) is 11.8 Å². The maximum Gasteiger partial charge on any atom is 0.312 e. The fourth-order valence-corrected chi connectivity index (χ4v) is 4.30. The number of nitrogens with one attached hydrogen (secondary N) is 3. The molecule has 1 aliphatic rings. The molecule has 6 amide bonds. The molecular formula is C29H55N5O9S. The van der Waals surface area contributed by atoms with Gasteiger partial charge in [-0.1, -0.05) is 75.7 Å². The number of ketones is 1. The van der Waals surface area contributed by atoms with Crippen LogP contribution < -0.4 is 21.7 Å². The van der Waals surface area contributed by atoms with E-state index in [1.807, 2.05) is 27.7 Å². The number of urea groups is 1. The Labute approximate surface area is 263 Å². The number of hydrogen-bond acceptors (Lipinski definition) is 8. The molecule has 6 N–H and O–H groups in total. The lowest BCUT2D eigenvalue weighted by atomic mass is 9.96. The third-order valence-corrected chi connectivity index (χ3v) is 6.78. The van der Waals surface area contributed by atoms with Crippen LogP contribution in [0.25, 0.3) is 0 Å². The van der Waals surface area contributed by atoms with Crippen molar-refractivity contribution in [3.8, 4) is 0 Å². The number of Topliss-reactive ketones (excluding diaryl/α,β-unsaturated/α-hetero) is 1. The minimum Gasteiger partial charge on any atom is -0.352 e. The number of imide groups is 1. The second-order valence-corrected chi connectivity index (χ2v) is 11.5. The number of nitrogens with zero attached hydrogens (tertiary/aromatic N) is 1. The maximum atomic E-state index is 13.0. The molecule has 1 unspecified atom stereocenters. The molecule has 1 aliphatic heterocycles. The zero-order chi connectivity index (χ0) is 35.2. The van der Waals surface area contributed by atoms with E-state index in [1.165, 1.54) is 6.42 Å². The van der Waals surface area contributed by atoms with E-state index in [0.717, 1.165) is 12.2 Å². The molecule has 0 bridgehead atoms. The average Bonchev–Trinajstić information content (AvgIpc) is 3.26. The van der Waals surface area contributed by atoms with Crippen LogP contribution >= 0.6 is 0 Å². The van der Waals surface area contributed by atoms with Crippen LogP contribution in [-0.2, 0) is 34.1 Å². The van der Waals surface area contributed by atoms with E-state index in [0.29, 0.717) is 11.3 Å².